The number of anilines is 2. The highest BCUT2D eigenvalue weighted by Gasteiger charge is 2.08. The Hall–Kier alpha value is -3.25. The van der Waals surface area contributed by atoms with Gasteiger partial charge in [-0.3, -0.25) is 9.59 Å². The number of ketones is 1. The van der Waals surface area contributed by atoms with Gasteiger partial charge in [0.15, 0.2) is 17.3 Å². The number of nitrogens with zero attached hydrogens (tertiary/aromatic N) is 2. The number of nitrogens with one attached hydrogen (secondary N) is 2. The Bertz CT molecular complexity index is 990. The molecule has 0 unspecified atom stereocenters. The summed E-state index contributed by atoms with van der Waals surface area (Å²) in [6.45, 7) is 1.98. The molecule has 7 heteroatoms. The summed E-state index contributed by atoms with van der Waals surface area (Å²) in [7, 11) is 0. The van der Waals surface area contributed by atoms with Crippen LogP contribution in [0.3, 0.4) is 0 Å². The van der Waals surface area contributed by atoms with Gasteiger partial charge in [-0.05, 0) is 55.3 Å². The van der Waals surface area contributed by atoms with Crippen molar-refractivity contribution in [1.29, 1.82) is 0 Å². The largest absolute Gasteiger partial charge is 0.350 e. The van der Waals surface area contributed by atoms with Gasteiger partial charge in [-0.25, -0.2) is 0 Å². The van der Waals surface area contributed by atoms with Crippen LogP contribution in [-0.4, -0.2) is 28.4 Å². The van der Waals surface area contributed by atoms with E-state index in [2.05, 4.69) is 20.8 Å². The van der Waals surface area contributed by atoms with Crippen molar-refractivity contribution in [3.8, 4) is 0 Å². The molecule has 0 bridgehead atoms. The number of rotatable bonds is 7. The molecule has 0 saturated heterocycles. The second kappa shape index (κ2) is 9.10. The minimum atomic E-state index is -0.292. The number of carbonyl (C=O) groups excluding carboxylic acids is 2. The zero-order valence-electron chi connectivity index (χ0n) is 15.3. The number of hydrogen-bond acceptors (Lipinski definition) is 5. The molecule has 6 nitrogen and oxygen atoms in total. The van der Waals surface area contributed by atoms with Crippen molar-refractivity contribution in [1.82, 2.24) is 15.5 Å². The van der Waals surface area contributed by atoms with E-state index in [1.165, 1.54) is 6.92 Å². The van der Waals surface area contributed by atoms with Gasteiger partial charge in [0.25, 0.3) is 5.91 Å². The van der Waals surface area contributed by atoms with Gasteiger partial charge in [0.05, 0.1) is 0 Å². The predicted molar refractivity (Wildman–Crippen MR) is 109 cm³/mol. The molecule has 3 rings (SSSR count). The minimum absolute atomic E-state index is 0.0143. The Labute approximate surface area is 168 Å². The summed E-state index contributed by atoms with van der Waals surface area (Å²) < 4.78 is 0. The number of hydrogen-bond donors (Lipinski definition) is 2. The van der Waals surface area contributed by atoms with Gasteiger partial charge in [-0.1, -0.05) is 35.9 Å². The molecule has 142 valence electrons. The molecule has 3 aromatic rings. The molecular formula is C21H19ClN4O2. The molecule has 0 atom stereocenters. The van der Waals surface area contributed by atoms with Crippen LogP contribution in [0.5, 0.6) is 0 Å². The molecular weight excluding hydrogens is 376 g/mol. The van der Waals surface area contributed by atoms with Crippen molar-refractivity contribution in [2.45, 2.75) is 13.3 Å². The van der Waals surface area contributed by atoms with Gasteiger partial charge in [-0.15, -0.1) is 10.2 Å². The lowest BCUT2D eigenvalue weighted by atomic mass is 10.1. The molecule has 0 aliphatic carbocycles. The molecule has 2 N–H and O–H groups in total. The Morgan fingerprint density at radius 2 is 1.82 bits per heavy atom. The summed E-state index contributed by atoms with van der Waals surface area (Å²) >= 11 is 5.95. The van der Waals surface area contributed by atoms with Crippen molar-refractivity contribution in [2.75, 3.05) is 11.9 Å². The van der Waals surface area contributed by atoms with E-state index in [4.69, 9.17) is 11.6 Å². The molecule has 1 amide bonds. The first-order valence-electron chi connectivity index (χ1n) is 8.75. The summed E-state index contributed by atoms with van der Waals surface area (Å²) in [6.07, 6.45) is 0.672. The normalized spacial score (nSPS) is 10.4. The lowest BCUT2D eigenvalue weighted by Gasteiger charge is -2.07. The smallest absolute Gasteiger partial charge is 0.271 e. The molecule has 28 heavy (non-hydrogen) atoms. The third-order valence-corrected chi connectivity index (χ3v) is 4.26. The Morgan fingerprint density at radius 1 is 1.00 bits per heavy atom. The molecule has 0 radical (unpaired) electrons. The maximum atomic E-state index is 12.2. The van der Waals surface area contributed by atoms with Gasteiger partial charge in [0.2, 0.25) is 0 Å². The minimum Gasteiger partial charge on any atom is -0.350 e. The number of carbonyl (C=O) groups is 2. The van der Waals surface area contributed by atoms with Crippen LogP contribution in [0.15, 0.2) is 60.7 Å². The molecule has 0 saturated carbocycles. The quantitative estimate of drug-likeness (QED) is 0.590. The molecule has 1 aromatic heterocycles. The molecule has 0 spiro atoms. The van der Waals surface area contributed by atoms with E-state index in [1.807, 2.05) is 30.3 Å². The molecule has 2 aromatic carbocycles. The average molecular weight is 395 g/mol. The van der Waals surface area contributed by atoms with Crippen LogP contribution in [0.1, 0.15) is 33.3 Å². The van der Waals surface area contributed by atoms with Gasteiger partial charge >= 0.3 is 0 Å². The first-order valence-corrected chi connectivity index (χ1v) is 9.13. The first kappa shape index (κ1) is 19.5. The van der Waals surface area contributed by atoms with E-state index >= 15 is 0 Å². The van der Waals surface area contributed by atoms with Crippen molar-refractivity contribution >= 4 is 34.8 Å². The van der Waals surface area contributed by atoms with Crippen molar-refractivity contribution in [3.05, 3.63) is 82.5 Å². The predicted octanol–water partition coefficient (Wildman–Crippen LogP) is 4.05. The number of Topliss-reactive ketones (excluding diaryl/α,β-unsaturated/α-hetero) is 1. The molecule has 0 aliphatic rings. The van der Waals surface area contributed by atoms with Crippen LogP contribution in [0.4, 0.5) is 11.5 Å². The highest BCUT2D eigenvalue weighted by Crippen LogP contribution is 2.16. The summed E-state index contributed by atoms with van der Waals surface area (Å²) in [5.41, 5.74) is 2.61. The fourth-order valence-corrected chi connectivity index (χ4v) is 2.80. The van der Waals surface area contributed by atoms with Gasteiger partial charge in [0, 0.05) is 22.8 Å². The van der Waals surface area contributed by atoms with Crippen molar-refractivity contribution < 1.29 is 9.59 Å². The van der Waals surface area contributed by atoms with Crippen LogP contribution in [0.25, 0.3) is 0 Å². The Balaban J connectivity index is 1.55. The third kappa shape index (κ3) is 5.37. The Morgan fingerprint density at radius 3 is 2.54 bits per heavy atom. The second-order valence-corrected chi connectivity index (χ2v) is 6.64. The maximum Gasteiger partial charge on any atom is 0.271 e. The molecule has 1 heterocycles. The average Bonchev–Trinajstić information content (AvgIpc) is 2.69. The second-order valence-electron chi connectivity index (χ2n) is 6.20. The van der Waals surface area contributed by atoms with E-state index < -0.39 is 0 Å². The van der Waals surface area contributed by atoms with Crippen LogP contribution in [0.2, 0.25) is 5.02 Å². The maximum absolute atomic E-state index is 12.2. The summed E-state index contributed by atoms with van der Waals surface area (Å²) in [5, 5.41) is 14.5. The van der Waals surface area contributed by atoms with E-state index in [-0.39, 0.29) is 17.4 Å². The number of aromatic nitrogens is 2. The lowest BCUT2D eigenvalue weighted by Crippen LogP contribution is -2.26. The first-order chi connectivity index (χ1) is 13.5. The van der Waals surface area contributed by atoms with E-state index in [9.17, 15) is 9.59 Å². The third-order valence-electron chi connectivity index (χ3n) is 4.03. The summed E-state index contributed by atoms with van der Waals surface area (Å²) in [5.74, 6) is 0.176. The highest BCUT2D eigenvalue weighted by atomic mass is 35.5. The van der Waals surface area contributed by atoms with Gasteiger partial charge in [-0.2, -0.15) is 0 Å². The standard InChI is InChI=1S/C21H19ClN4O2/c1-14(27)16-5-3-7-18(13-16)24-20-9-8-19(25-26-20)21(28)23-11-10-15-4-2-6-17(22)12-15/h2-9,12-13H,10-11H2,1H3,(H,23,28)(H,24,26). The van der Waals surface area contributed by atoms with Crippen LogP contribution < -0.4 is 10.6 Å². The van der Waals surface area contributed by atoms with Crippen molar-refractivity contribution in [2.24, 2.45) is 0 Å². The van der Waals surface area contributed by atoms with Gasteiger partial charge in [0.1, 0.15) is 0 Å². The highest BCUT2D eigenvalue weighted by molar-refractivity contribution is 6.30. The van der Waals surface area contributed by atoms with E-state index in [0.29, 0.717) is 29.4 Å². The topological polar surface area (TPSA) is 84.0 Å². The van der Waals surface area contributed by atoms with Crippen LogP contribution in [0, 0.1) is 0 Å². The van der Waals surface area contributed by atoms with Crippen LogP contribution in [-0.2, 0) is 6.42 Å². The number of halogens is 1. The fraction of sp³-hybridized carbons (Fsp3) is 0.143. The fourth-order valence-electron chi connectivity index (χ4n) is 2.59. The number of benzene rings is 2. The molecule has 0 fully saturated rings. The lowest BCUT2D eigenvalue weighted by molar-refractivity contribution is 0.0947. The van der Waals surface area contributed by atoms with E-state index in [0.717, 1.165) is 11.3 Å². The van der Waals surface area contributed by atoms with Crippen LogP contribution >= 0.6 is 11.6 Å². The van der Waals surface area contributed by atoms with Gasteiger partial charge < -0.3 is 10.6 Å². The SMILES string of the molecule is CC(=O)c1cccc(Nc2ccc(C(=O)NCCc3cccc(Cl)c3)nn2)c1. The number of amides is 1. The van der Waals surface area contributed by atoms with E-state index in [1.54, 1.807) is 30.3 Å². The monoisotopic (exact) mass is 394 g/mol. The Kier molecular flexibility index (Phi) is 6.34. The zero-order valence-corrected chi connectivity index (χ0v) is 16.0. The molecule has 0 aliphatic heterocycles. The summed E-state index contributed by atoms with van der Waals surface area (Å²) in [6, 6.07) is 17.9. The zero-order chi connectivity index (χ0) is 19.9. The van der Waals surface area contributed by atoms with Crippen molar-refractivity contribution in [3.63, 3.8) is 0 Å². The summed E-state index contributed by atoms with van der Waals surface area (Å²) in [4.78, 5) is 23.6.